The van der Waals surface area contributed by atoms with Crippen LogP contribution < -0.4 is 0 Å². The highest BCUT2D eigenvalue weighted by Gasteiger charge is 2.13. The van der Waals surface area contributed by atoms with Crippen LogP contribution in [0.4, 0.5) is 0 Å². The first kappa shape index (κ1) is 11.1. The fraction of sp³-hybridized carbons (Fsp3) is 0.462. The second kappa shape index (κ2) is 4.66. The van der Waals surface area contributed by atoms with Gasteiger partial charge in [0.25, 0.3) is 0 Å². The molecule has 1 fully saturated rings. The highest BCUT2D eigenvalue weighted by atomic mass is 16.4. The van der Waals surface area contributed by atoms with Crippen LogP contribution in [0.25, 0.3) is 0 Å². The van der Waals surface area contributed by atoms with Crippen molar-refractivity contribution in [1.29, 1.82) is 0 Å². The Hall–Kier alpha value is -1.35. The summed E-state index contributed by atoms with van der Waals surface area (Å²) in [4.78, 5) is 13.2. The van der Waals surface area contributed by atoms with E-state index >= 15 is 0 Å². The molecule has 0 aliphatic carbocycles. The largest absolute Gasteiger partial charge is 0.478 e. The van der Waals surface area contributed by atoms with E-state index in [-0.39, 0.29) is 0 Å². The summed E-state index contributed by atoms with van der Waals surface area (Å²) in [5.74, 6) is -0.850. The molecular formula is C13H17NO2. The number of nitrogens with zero attached hydrogens (tertiary/aromatic N) is 1. The molecule has 1 aromatic carbocycles. The molecular weight excluding hydrogens is 202 g/mol. The molecule has 0 atom stereocenters. The van der Waals surface area contributed by atoms with Gasteiger partial charge in [-0.1, -0.05) is 6.07 Å². The van der Waals surface area contributed by atoms with Gasteiger partial charge in [0.1, 0.15) is 0 Å². The fourth-order valence-electron chi connectivity index (χ4n) is 1.99. The molecule has 0 saturated carbocycles. The highest BCUT2D eigenvalue weighted by molar-refractivity contribution is 5.87. The van der Waals surface area contributed by atoms with Crippen molar-refractivity contribution in [2.75, 3.05) is 19.6 Å². The molecule has 0 bridgehead atoms. The van der Waals surface area contributed by atoms with Crippen molar-refractivity contribution >= 4 is 5.97 Å². The van der Waals surface area contributed by atoms with Gasteiger partial charge < -0.3 is 10.0 Å². The lowest BCUT2D eigenvalue weighted by Gasteiger charge is -2.30. The van der Waals surface area contributed by atoms with Gasteiger partial charge in [-0.25, -0.2) is 4.79 Å². The molecule has 1 aromatic rings. The fourth-order valence-corrected chi connectivity index (χ4v) is 1.99. The molecule has 0 radical (unpaired) electrons. The van der Waals surface area contributed by atoms with E-state index < -0.39 is 5.97 Å². The SMILES string of the molecule is Cc1cc(C(=O)O)ccc1CCN1CCC1. The smallest absolute Gasteiger partial charge is 0.335 e. The maximum Gasteiger partial charge on any atom is 0.335 e. The Labute approximate surface area is 95.7 Å². The zero-order chi connectivity index (χ0) is 11.5. The van der Waals surface area contributed by atoms with Crippen LogP contribution in [0.2, 0.25) is 0 Å². The monoisotopic (exact) mass is 219 g/mol. The predicted molar refractivity (Wildman–Crippen MR) is 62.9 cm³/mol. The van der Waals surface area contributed by atoms with Gasteiger partial charge in [-0.3, -0.25) is 0 Å². The van der Waals surface area contributed by atoms with E-state index in [0.29, 0.717) is 5.56 Å². The Balaban J connectivity index is 2.00. The number of benzene rings is 1. The average Bonchev–Trinajstić information content (AvgIpc) is 2.17. The van der Waals surface area contributed by atoms with Crippen molar-refractivity contribution in [2.45, 2.75) is 19.8 Å². The van der Waals surface area contributed by atoms with Crippen molar-refractivity contribution in [2.24, 2.45) is 0 Å². The van der Waals surface area contributed by atoms with Crippen LogP contribution in [0, 0.1) is 6.92 Å². The summed E-state index contributed by atoms with van der Waals surface area (Å²) < 4.78 is 0. The lowest BCUT2D eigenvalue weighted by atomic mass is 10.0. The van der Waals surface area contributed by atoms with Gasteiger partial charge in [0.05, 0.1) is 5.56 Å². The van der Waals surface area contributed by atoms with Crippen LogP contribution in [-0.4, -0.2) is 35.6 Å². The second-order valence-corrected chi connectivity index (χ2v) is 4.39. The molecule has 3 nitrogen and oxygen atoms in total. The molecule has 0 amide bonds. The van der Waals surface area contributed by atoms with E-state index in [0.717, 1.165) is 18.5 Å². The number of aryl methyl sites for hydroxylation is 1. The van der Waals surface area contributed by atoms with Crippen LogP contribution in [0.1, 0.15) is 27.9 Å². The molecule has 86 valence electrons. The number of hydrogen-bond donors (Lipinski definition) is 1. The van der Waals surface area contributed by atoms with Gasteiger partial charge in [-0.2, -0.15) is 0 Å². The van der Waals surface area contributed by atoms with Crippen molar-refractivity contribution in [3.8, 4) is 0 Å². The number of carboxylic acid groups (broad SMARTS) is 1. The van der Waals surface area contributed by atoms with Gasteiger partial charge in [0.15, 0.2) is 0 Å². The summed E-state index contributed by atoms with van der Waals surface area (Å²) >= 11 is 0. The third-order valence-corrected chi connectivity index (χ3v) is 3.24. The lowest BCUT2D eigenvalue weighted by Crippen LogP contribution is -2.38. The van der Waals surface area contributed by atoms with Crippen LogP contribution in [0.15, 0.2) is 18.2 Å². The molecule has 0 unspecified atom stereocenters. The first-order chi connectivity index (χ1) is 7.66. The molecule has 2 rings (SSSR count). The van der Waals surface area contributed by atoms with E-state index in [1.807, 2.05) is 13.0 Å². The summed E-state index contributed by atoms with van der Waals surface area (Å²) in [6, 6.07) is 5.40. The van der Waals surface area contributed by atoms with E-state index in [9.17, 15) is 4.79 Å². The summed E-state index contributed by atoms with van der Waals surface area (Å²) in [5, 5.41) is 8.86. The van der Waals surface area contributed by atoms with Crippen LogP contribution in [-0.2, 0) is 6.42 Å². The van der Waals surface area contributed by atoms with E-state index in [1.165, 1.54) is 25.1 Å². The van der Waals surface area contributed by atoms with Gasteiger partial charge in [0.2, 0.25) is 0 Å². The molecule has 1 saturated heterocycles. The predicted octanol–water partition coefficient (Wildman–Crippen LogP) is 1.94. The summed E-state index contributed by atoms with van der Waals surface area (Å²) in [5.41, 5.74) is 2.72. The quantitative estimate of drug-likeness (QED) is 0.841. The van der Waals surface area contributed by atoms with Crippen LogP contribution in [0.5, 0.6) is 0 Å². The van der Waals surface area contributed by atoms with Crippen molar-refractivity contribution < 1.29 is 9.90 Å². The first-order valence-electron chi connectivity index (χ1n) is 5.72. The molecule has 0 aromatic heterocycles. The zero-order valence-electron chi connectivity index (χ0n) is 9.57. The van der Waals surface area contributed by atoms with Gasteiger partial charge >= 0.3 is 5.97 Å². The number of aromatic carboxylic acids is 1. The Morgan fingerprint density at radius 3 is 2.69 bits per heavy atom. The minimum Gasteiger partial charge on any atom is -0.478 e. The first-order valence-corrected chi connectivity index (χ1v) is 5.72. The topological polar surface area (TPSA) is 40.5 Å². The minimum absolute atomic E-state index is 0.380. The normalized spacial score (nSPS) is 15.8. The maximum atomic E-state index is 10.8. The maximum absolute atomic E-state index is 10.8. The molecule has 1 heterocycles. The number of carbonyl (C=O) groups is 1. The Bertz CT molecular complexity index is 397. The third kappa shape index (κ3) is 2.42. The second-order valence-electron chi connectivity index (χ2n) is 4.39. The van der Waals surface area contributed by atoms with E-state index in [1.54, 1.807) is 12.1 Å². The number of hydrogen-bond acceptors (Lipinski definition) is 2. The molecule has 1 aliphatic rings. The summed E-state index contributed by atoms with van der Waals surface area (Å²) in [7, 11) is 0. The molecule has 0 spiro atoms. The highest BCUT2D eigenvalue weighted by Crippen LogP contribution is 2.14. The summed E-state index contributed by atoms with van der Waals surface area (Å²) in [6.45, 7) is 5.50. The molecule has 1 N–H and O–H groups in total. The average molecular weight is 219 g/mol. The van der Waals surface area contributed by atoms with Crippen LogP contribution >= 0.6 is 0 Å². The van der Waals surface area contributed by atoms with E-state index in [4.69, 9.17) is 5.11 Å². The van der Waals surface area contributed by atoms with Gasteiger partial charge in [-0.15, -0.1) is 0 Å². The number of rotatable bonds is 4. The standard InChI is InChI=1S/C13H17NO2/c1-10-9-12(13(15)16)4-3-11(10)5-8-14-6-2-7-14/h3-4,9H,2,5-8H2,1H3,(H,15,16). The molecule has 16 heavy (non-hydrogen) atoms. The van der Waals surface area contributed by atoms with E-state index in [2.05, 4.69) is 4.90 Å². The van der Waals surface area contributed by atoms with Gasteiger partial charge in [0, 0.05) is 6.54 Å². The van der Waals surface area contributed by atoms with Crippen molar-refractivity contribution in [1.82, 2.24) is 4.90 Å². The van der Waals surface area contributed by atoms with Crippen LogP contribution in [0.3, 0.4) is 0 Å². The molecule has 3 heteroatoms. The summed E-state index contributed by atoms with van der Waals surface area (Å²) in [6.07, 6.45) is 2.34. The third-order valence-electron chi connectivity index (χ3n) is 3.24. The van der Waals surface area contributed by atoms with Gasteiger partial charge in [-0.05, 0) is 56.1 Å². The Morgan fingerprint density at radius 1 is 1.44 bits per heavy atom. The minimum atomic E-state index is -0.850. The number of likely N-dealkylation sites (tertiary alicyclic amines) is 1. The zero-order valence-corrected chi connectivity index (χ0v) is 9.57. The Morgan fingerprint density at radius 2 is 2.19 bits per heavy atom. The number of carboxylic acids is 1. The Kier molecular flexibility index (Phi) is 3.25. The van der Waals surface area contributed by atoms with Crippen molar-refractivity contribution in [3.05, 3.63) is 34.9 Å². The van der Waals surface area contributed by atoms with Crippen molar-refractivity contribution in [3.63, 3.8) is 0 Å². The molecule has 1 aliphatic heterocycles. The lowest BCUT2D eigenvalue weighted by molar-refractivity contribution is 0.0697.